The largest absolute Gasteiger partial charge is 0.497 e. The first-order valence-corrected chi connectivity index (χ1v) is 15.1. The molecule has 0 heterocycles. The fourth-order valence-electron chi connectivity index (χ4n) is 6.62. The fraction of sp³-hybridized carbons (Fsp3) is 0.457. The van der Waals surface area contributed by atoms with Gasteiger partial charge in [0.15, 0.2) is 0 Å². The van der Waals surface area contributed by atoms with Crippen LogP contribution in [0.15, 0.2) is 72.8 Å². The minimum absolute atomic E-state index is 0.0448. The molecule has 5 rings (SSSR count). The quantitative estimate of drug-likeness (QED) is 0.246. The molecule has 1 saturated carbocycles. The Hall–Kier alpha value is -3.48. The molecule has 4 nitrogen and oxygen atoms in total. The third-order valence-corrected chi connectivity index (χ3v) is 8.98. The number of carbonyl (C=O) groups is 1. The van der Waals surface area contributed by atoms with Gasteiger partial charge in [-0.3, -0.25) is 4.79 Å². The maximum absolute atomic E-state index is 12.9. The lowest BCUT2D eigenvalue weighted by Crippen LogP contribution is -2.36. The van der Waals surface area contributed by atoms with Gasteiger partial charge in [-0.15, -0.1) is 0 Å². The van der Waals surface area contributed by atoms with E-state index in [2.05, 4.69) is 66.0 Å². The topological polar surface area (TPSA) is 47.6 Å². The van der Waals surface area contributed by atoms with E-state index in [9.17, 15) is 18.0 Å². The van der Waals surface area contributed by atoms with Gasteiger partial charge in [-0.05, 0) is 104 Å². The summed E-state index contributed by atoms with van der Waals surface area (Å²) in [6.45, 7) is 1.04. The molecule has 3 aromatic carbocycles. The lowest BCUT2D eigenvalue weighted by atomic mass is 9.69. The normalized spacial score (nSPS) is 22.2. The Bertz CT molecular complexity index is 1300. The molecule has 1 N–H and O–H groups in total. The summed E-state index contributed by atoms with van der Waals surface area (Å²) < 4.78 is 50.1. The van der Waals surface area contributed by atoms with Crippen molar-refractivity contribution in [3.8, 4) is 11.5 Å². The predicted octanol–water partition coefficient (Wildman–Crippen LogP) is 8.20. The van der Waals surface area contributed by atoms with Crippen molar-refractivity contribution in [2.45, 2.75) is 69.4 Å². The highest BCUT2D eigenvalue weighted by Crippen LogP contribution is 2.47. The zero-order chi connectivity index (χ0) is 29.5. The van der Waals surface area contributed by atoms with Crippen molar-refractivity contribution in [1.29, 1.82) is 0 Å². The summed E-state index contributed by atoms with van der Waals surface area (Å²) in [4.78, 5) is 12.4. The van der Waals surface area contributed by atoms with Crippen LogP contribution in [-0.2, 0) is 11.2 Å². The van der Waals surface area contributed by atoms with Crippen molar-refractivity contribution >= 4 is 5.91 Å². The number of aryl methyl sites for hydroxylation is 1. The number of halogens is 3. The van der Waals surface area contributed by atoms with E-state index in [1.807, 2.05) is 12.1 Å². The number of alkyl halides is 3. The van der Waals surface area contributed by atoms with Crippen LogP contribution in [-0.4, -0.2) is 32.3 Å². The van der Waals surface area contributed by atoms with Crippen LogP contribution < -0.4 is 14.8 Å². The van der Waals surface area contributed by atoms with Crippen LogP contribution in [0.4, 0.5) is 13.2 Å². The third kappa shape index (κ3) is 7.29. The lowest BCUT2D eigenvalue weighted by molar-refractivity contribution is -0.184. The number of carbonyl (C=O) groups excluding carboxylic acids is 1. The molecule has 1 amide bonds. The van der Waals surface area contributed by atoms with Crippen LogP contribution >= 0.6 is 0 Å². The first-order valence-electron chi connectivity index (χ1n) is 15.1. The Kier molecular flexibility index (Phi) is 9.76. The summed E-state index contributed by atoms with van der Waals surface area (Å²) in [6, 6.07) is 25.6. The number of amides is 1. The molecule has 0 aliphatic heterocycles. The maximum atomic E-state index is 12.9. The van der Waals surface area contributed by atoms with Crippen molar-refractivity contribution in [2.75, 3.05) is 20.3 Å². The second-order valence-electron chi connectivity index (χ2n) is 11.6. The highest BCUT2D eigenvalue weighted by atomic mass is 19.4. The lowest BCUT2D eigenvalue weighted by Gasteiger charge is -2.35. The van der Waals surface area contributed by atoms with Gasteiger partial charge >= 0.3 is 6.18 Å². The smallest absolute Gasteiger partial charge is 0.391 e. The molecule has 2 atom stereocenters. The number of hydrogen-bond donors (Lipinski definition) is 1. The first-order chi connectivity index (χ1) is 20.3. The predicted molar refractivity (Wildman–Crippen MR) is 158 cm³/mol. The number of methoxy groups -OCH3 is 1. The van der Waals surface area contributed by atoms with Crippen molar-refractivity contribution in [3.63, 3.8) is 0 Å². The molecule has 0 saturated heterocycles. The number of rotatable bonds is 10. The molecule has 1 fully saturated rings. The van der Waals surface area contributed by atoms with E-state index in [1.165, 1.54) is 22.3 Å². The Balaban J connectivity index is 1.12. The van der Waals surface area contributed by atoms with Crippen LogP contribution in [0.2, 0.25) is 0 Å². The van der Waals surface area contributed by atoms with Crippen molar-refractivity contribution in [3.05, 3.63) is 95.1 Å². The van der Waals surface area contributed by atoms with Gasteiger partial charge in [0.25, 0.3) is 0 Å². The third-order valence-electron chi connectivity index (χ3n) is 8.98. The van der Waals surface area contributed by atoms with Crippen molar-refractivity contribution < 1.29 is 27.4 Å². The van der Waals surface area contributed by atoms with E-state index < -0.39 is 12.1 Å². The van der Waals surface area contributed by atoms with Crippen LogP contribution in [0, 0.1) is 11.8 Å². The summed E-state index contributed by atoms with van der Waals surface area (Å²) >= 11 is 0. The number of fused-ring (bicyclic) bond motifs is 1. The zero-order valence-electron chi connectivity index (χ0n) is 24.2. The van der Waals surface area contributed by atoms with E-state index in [4.69, 9.17) is 9.47 Å². The monoisotopic (exact) mass is 579 g/mol. The Morgan fingerprint density at radius 3 is 2.26 bits per heavy atom. The molecule has 2 aliphatic rings. The highest BCUT2D eigenvalue weighted by Gasteiger charge is 2.42. The standard InChI is InChI=1S/C35H40F3NO3/c1-41-30-18-20-32-27(23-30)13-19-31(24-7-3-2-4-8-24)33(32)25-11-16-29(17-12-25)42-22-6-5-21-39-34(40)26-9-14-28(15-10-26)35(36,37)38/h2-4,7-8,11-12,16-18,20,23,26,28,31,33H,5-6,9-10,13-15,19,21-22H2,1H3,(H,39,40)/t26?,28?,31-,33-/m0/s1. The van der Waals surface area contributed by atoms with E-state index in [-0.39, 0.29) is 30.6 Å². The highest BCUT2D eigenvalue weighted by molar-refractivity contribution is 5.78. The van der Waals surface area contributed by atoms with E-state index in [0.29, 0.717) is 31.9 Å². The Morgan fingerprint density at radius 2 is 1.57 bits per heavy atom. The number of unbranched alkanes of at least 4 members (excludes halogenated alkanes) is 1. The molecule has 0 bridgehead atoms. The van der Waals surface area contributed by atoms with Crippen LogP contribution in [0.3, 0.4) is 0 Å². The number of nitrogens with one attached hydrogen (secondary N) is 1. The van der Waals surface area contributed by atoms with Gasteiger partial charge in [-0.2, -0.15) is 13.2 Å². The molecule has 42 heavy (non-hydrogen) atoms. The molecule has 3 aromatic rings. The van der Waals surface area contributed by atoms with Gasteiger partial charge in [0, 0.05) is 18.4 Å². The van der Waals surface area contributed by atoms with E-state index in [1.54, 1.807) is 7.11 Å². The van der Waals surface area contributed by atoms with Gasteiger partial charge in [-0.25, -0.2) is 0 Å². The van der Waals surface area contributed by atoms with E-state index in [0.717, 1.165) is 37.2 Å². The molecule has 0 aromatic heterocycles. The average molecular weight is 580 g/mol. The molecule has 7 heteroatoms. The van der Waals surface area contributed by atoms with Crippen molar-refractivity contribution in [1.82, 2.24) is 5.32 Å². The molecule has 0 spiro atoms. The molecule has 0 radical (unpaired) electrons. The minimum Gasteiger partial charge on any atom is -0.497 e. The molecule has 224 valence electrons. The number of benzene rings is 3. The minimum atomic E-state index is -4.15. The van der Waals surface area contributed by atoms with E-state index >= 15 is 0 Å². The zero-order valence-corrected chi connectivity index (χ0v) is 24.2. The summed E-state index contributed by atoms with van der Waals surface area (Å²) in [7, 11) is 1.71. The Labute approximate surface area is 246 Å². The second-order valence-corrected chi connectivity index (χ2v) is 11.6. The molecule has 0 unspecified atom stereocenters. The van der Waals surface area contributed by atoms with Crippen LogP contribution in [0.25, 0.3) is 0 Å². The summed E-state index contributed by atoms with van der Waals surface area (Å²) in [5.74, 6) is 0.632. The average Bonchev–Trinajstić information content (AvgIpc) is 3.02. The molecule has 2 aliphatic carbocycles. The van der Waals surface area contributed by atoms with Crippen LogP contribution in [0.1, 0.15) is 79.0 Å². The van der Waals surface area contributed by atoms with Crippen molar-refractivity contribution in [2.24, 2.45) is 11.8 Å². The second kappa shape index (κ2) is 13.7. The van der Waals surface area contributed by atoms with Gasteiger partial charge in [0.1, 0.15) is 11.5 Å². The fourth-order valence-corrected chi connectivity index (χ4v) is 6.62. The van der Waals surface area contributed by atoms with Gasteiger partial charge in [0.05, 0.1) is 19.6 Å². The Morgan fingerprint density at radius 1 is 0.857 bits per heavy atom. The van der Waals surface area contributed by atoms with Gasteiger partial charge < -0.3 is 14.8 Å². The summed E-state index contributed by atoms with van der Waals surface area (Å²) in [5.41, 5.74) is 5.30. The molecular formula is C35H40F3NO3. The number of ether oxygens (including phenoxy) is 2. The SMILES string of the molecule is COc1ccc2c(c1)CC[C@@H](c1ccccc1)[C@@H]2c1ccc(OCCCCNC(=O)C2CCC(C(F)(F)F)CC2)cc1. The van der Waals surface area contributed by atoms with Gasteiger partial charge in [0.2, 0.25) is 5.91 Å². The summed E-state index contributed by atoms with van der Waals surface area (Å²) in [6.07, 6.45) is 0.166. The maximum Gasteiger partial charge on any atom is 0.391 e. The van der Waals surface area contributed by atoms with Crippen LogP contribution in [0.5, 0.6) is 11.5 Å². The summed E-state index contributed by atoms with van der Waals surface area (Å²) in [5, 5.41) is 2.90. The first kappa shape index (κ1) is 30.0. The number of hydrogen-bond acceptors (Lipinski definition) is 3. The van der Waals surface area contributed by atoms with Gasteiger partial charge in [-0.1, -0.05) is 48.5 Å². The molecular weight excluding hydrogens is 539 g/mol.